The average Bonchev–Trinajstić information content (AvgIpc) is 3.04. The number of ether oxygens (including phenoxy) is 1. The standard InChI is InChI=1S/C38H66O8/c1-3-5-7-9-11-13-15-17-19-21-23-25-27-29-35(41)44-38-37(34(40)31-33(32-39)43-38)46-45-36(42)30-28-26-24-22-20-18-16-14-12-10-8-6-4-2/h31,39H,3-30,32H2,1-2H3. The van der Waals surface area contributed by atoms with Gasteiger partial charge in [0.1, 0.15) is 12.4 Å². The van der Waals surface area contributed by atoms with Crippen LogP contribution < -0.4 is 15.1 Å². The first-order valence-electron chi connectivity index (χ1n) is 18.9. The summed E-state index contributed by atoms with van der Waals surface area (Å²) in [6.45, 7) is 3.93. The SMILES string of the molecule is CCCCCCCCCCCCCCCC(=O)OOc1c(OC(=O)CCCCCCCCCCCCCCC)oc(CO)cc1=O. The van der Waals surface area contributed by atoms with Crippen LogP contribution in [0.4, 0.5) is 0 Å². The third-order valence-corrected chi connectivity index (χ3v) is 8.47. The lowest BCUT2D eigenvalue weighted by Gasteiger charge is -2.09. The van der Waals surface area contributed by atoms with Crippen LogP contribution in [0.5, 0.6) is 11.7 Å². The number of hydrogen-bond donors (Lipinski definition) is 1. The maximum absolute atomic E-state index is 12.5. The second-order valence-corrected chi connectivity index (χ2v) is 12.8. The lowest BCUT2D eigenvalue weighted by molar-refractivity contribution is -0.215. The highest BCUT2D eigenvalue weighted by atomic mass is 17.2. The Labute approximate surface area is 279 Å². The maximum atomic E-state index is 12.5. The average molecular weight is 651 g/mol. The molecule has 1 rings (SSSR count). The molecular weight excluding hydrogens is 584 g/mol. The van der Waals surface area contributed by atoms with Crippen molar-refractivity contribution in [3.05, 3.63) is 22.0 Å². The minimum Gasteiger partial charge on any atom is -0.425 e. The van der Waals surface area contributed by atoms with Crippen LogP contribution in [-0.2, 0) is 21.1 Å². The van der Waals surface area contributed by atoms with Crippen molar-refractivity contribution in [2.75, 3.05) is 0 Å². The largest absolute Gasteiger partial charge is 0.425 e. The lowest BCUT2D eigenvalue weighted by Crippen LogP contribution is -2.17. The second kappa shape index (κ2) is 30.0. The molecule has 1 heterocycles. The minimum atomic E-state index is -0.715. The summed E-state index contributed by atoms with van der Waals surface area (Å²) in [5.74, 6) is -2.30. The molecule has 0 aliphatic rings. The molecule has 0 unspecified atom stereocenters. The molecule has 1 aromatic heterocycles. The number of hydrogen-bond acceptors (Lipinski definition) is 8. The van der Waals surface area contributed by atoms with Crippen molar-refractivity contribution < 1.29 is 33.6 Å². The molecule has 0 atom stereocenters. The van der Waals surface area contributed by atoms with Gasteiger partial charge in [0.25, 0.3) is 0 Å². The predicted octanol–water partition coefficient (Wildman–Crippen LogP) is 10.8. The van der Waals surface area contributed by atoms with Crippen LogP contribution in [0.25, 0.3) is 0 Å². The molecule has 8 nitrogen and oxygen atoms in total. The van der Waals surface area contributed by atoms with Gasteiger partial charge in [0.15, 0.2) is 0 Å². The predicted molar refractivity (Wildman–Crippen MR) is 184 cm³/mol. The molecule has 0 saturated carbocycles. The number of aliphatic hydroxyl groups excluding tert-OH is 1. The zero-order chi connectivity index (χ0) is 33.5. The Morgan fingerprint density at radius 3 is 1.35 bits per heavy atom. The van der Waals surface area contributed by atoms with E-state index in [4.69, 9.17) is 18.9 Å². The quantitative estimate of drug-likeness (QED) is 0.0355. The number of unbranched alkanes of at least 4 members (excludes halogenated alkanes) is 24. The highest BCUT2D eigenvalue weighted by molar-refractivity contribution is 5.72. The van der Waals surface area contributed by atoms with E-state index in [1.54, 1.807) is 0 Å². The third-order valence-electron chi connectivity index (χ3n) is 8.47. The normalized spacial score (nSPS) is 11.1. The Kier molecular flexibility index (Phi) is 27.2. The number of rotatable bonds is 32. The smallest absolute Gasteiger partial charge is 0.355 e. The third kappa shape index (κ3) is 23.0. The van der Waals surface area contributed by atoms with E-state index in [0.717, 1.165) is 44.6 Å². The van der Waals surface area contributed by atoms with Gasteiger partial charge >= 0.3 is 23.6 Å². The highest BCUT2D eigenvalue weighted by Gasteiger charge is 2.21. The Hall–Kier alpha value is -2.35. The zero-order valence-corrected chi connectivity index (χ0v) is 29.4. The molecule has 8 heteroatoms. The molecule has 0 aromatic carbocycles. The molecule has 0 saturated heterocycles. The molecule has 46 heavy (non-hydrogen) atoms. The van der Waals surface area contributed by atoms with Gasteiger partial charge in [0.2, 0.25) is 5.43 Å². The summed E-state index contributed by atoms with van der Waals surface area (Å²) in [4.78, 5) is 47.0. The van der Waals surface area contributed by atoms with Gasteiger partial charge in [-0.1, -0.05) is 168 Å². The van der Waals surface area contributed by atoms with Crippen molar-refractivity contribution in [3.8, 4) is 11.7 Å². The van der Waals surface area contributed by atoms with Crippen molar-refractivity contribution in [3.63, 3.8) is 0 Å². The molecule has 0 spiro atoms. The van der Waals surface area contributed by atoms with Gasteiger partial charge in [-0.25, -0.2) is 4.79 Å². The van der Waals surface area contributed by atoms with E-state index in [9.17, 15) is 19.5 Å². The van der Waals surface area contributed by atoms with Crippen LogP contribution in [0.3, 0.4) is 0 Å². The Bertz CT molecular complexity index is 941. The molecule has 266 valence electrons. The van der Waals surface area contributed by atoms with Crippen LogP contribution in [0.2, 0.25) is 0 Å². The fraction of sp³-hybridized carbons (Fsp3) is 0.816. The van der Waals surface area contributed by atoms with Crippen LogP contribution in [0.1, 0.15) is 199 Å². The first-order chi connectivity index (χ1) is 22.5. The fourth-order valence-corrected chi connectivity index (χ4v) is 5.59. The summed E-state index contributed by atoms with van der Waals surface area (Å²) in [7, 11) is 0. The molecule has 1 N–H and O–H groups in total. The van der Waals surface area contributed by atoms with Gasteiger partial charge < -0.3 is 14.3 Å². The van der Waals surface area contributed by atoms with Gasteiger partial charge in [0, 0.05) is 12.5 Å². The first-order valence-corrected chi connectivity index (χ1v) is 18.9. The zero-order valence-electron chi connectivity index (χ0n) is 29.4. The number of aliphatic hydroxyl groups is 1. The number of esters is 1. The summed E-state index contributed by atoms with van der Waals surface area (Å²) < 4.78 is 10.6. The van der Waals surface area contributed by atoms with Crippen molar-refractivity contribution in [1.82, 2.24) is 0 Å². The highest BCUT2D eigenvalue weighted by Crippen LogP contribution is 2.26. The number of carbonyl (C=O) groups excluding carboxylic acids is 2. The van der Waals surface area contributed by atoms with Gasteiger partial charge in [-0.2, -0.15) is 0 Å². The van der Waals surface area contributed by atoms with Crippen LogP contribution in [0, 0.1) is 0 Å². The van der Waals surface area contributed by atoms with Gasteiger partial charge in [-0.05, 0) is 12.8 Å². The second-order valence-electron chi connectivity index (χ2n) is 12.8. The van der Waals surface area contributed by atoms with Crippen LogP contribution in [0.15, 0.2) is 15.3 Å². The summed E-state index contributed by atoms with van der Waals surface area (Å²) in [5, 5.41) is 9.41. The molecule has 0 amide bonds. The Morgan fingerprint density at radius 2 is 0.957 bits per heavy atom. The van der Waals surface area contributed by atoms with Crippen LogP contribution >= 0.6 is 0 Å². The van der Waals surface area contributed by atoms with Crippen molar-refractivity contribution >= 4 is 11.9 Å². The van der Waals surface area contributed by atoms with E-state index in [0.29, 0.717) is 12.8 Å². The van der Waals surface area contributed by atoms with Crippen molar-refractivity contribution in [2.24, 2.45) is 0 Å². The molecule has 0 aliphatic carbocycles. The van der Waals surface area contributed by atoms with Gasteiger partial charge in [-0.3, -0.25) is 19.4 Å². The first kappa shape index (κ1) is 41.7. The molecule has 0 aliphatic heterocycles. The van der Waals surface area contributed by atoms with Crippen LogP contribution in [-0.4, -0.2) is 17.0 Å². The lowest BCUT2D eigenvalue weighted by atomic mass is 10.0. The Balaban J connectivity index is 2.23. The molecule has 0 fully saturated rings. The molecular formula is C38H66O8. The van der Waals surface area contributed by atoms with E-state index < -0.39 is 35.7 Å². The molecule has 0 radical (unpaired) electrons. The van der Waals surface area contributed by atoms with Gasteiger partial charge in [0.05, 0.1) is 6.42 Å². The minimum absolute atomic E-state index is 0.0839. The molecule has 1 aromatic rings. The van der Waals surface area contributed by atoms with E-state index in [1.807, 2.05) is 0 Å². The van der Waals surface area contributed by atoms with Crippen molar-refractivity contribution in [2.45, 2.75) is 200 Å². The monoisotopic (exact) mass is 650 g/mol. The Morgan fingerprint density at radius 1 is 0.587 bits per heavy atom. The van der Waals surface area contributed by atoms with Crippen molar-refractivity contribution in [1.29, 1.82) is 0 Å². The maximum Gasteiger partial charge on any atom is 0.355 e. The van der Waals surface area contributed by atoms with E-state index in [2.05, 4.69) is 13.8 Å². The van der Waals surface area contributed by atoms with E-state index >= 15 is 0 Å². The summed E-state index contributed by atoms with van der Waals surface area (Å²) in [6, 6.07) is 1.01. The van der Waals surface area contributed by atoms with E-state index in [-0.39, 0.29) is 18.6 Å². The summed E-state index contributed by atoms with van der Waals surface area (Å²) in [5.41, 5.74) is -0.715. The number of carbonyl (C=O) groups is 2. The molecule has 0 bridgehead atoms. The topological polar surface area (TPSA) is 112 Å². The van der Waals surface area contributed by atoms with E-state index in [1.165, 1.54) is 116 Å². The van der Waals surface area contributed by atoms with Gasteiger partial charge in [-0.15, -0.1) is 0 Å². The summed E-state index contributed by atoms with van der Waals surface area (Å²) in [6.07, 6.45) is 31.6. The fourth-order valence-electron chi connectivity index (χ4n) is 5.59. The summed E-state index contributed by atoms with van der Waals surface area (Å²) >= 11 is 0.